The van der Waals surface area contributed by atoms with Gasteiger partial charge in [-0.3, -0.25) is 9.59 Å². The van der Waals surface area contributed by atoms with Crippen LogP contribution in [0.5, 0.6) is 11.5 Å². The van der Waals surface area contributed by atoms with E-state index in [0.717, 1.165) is 0 Å². The molecule has 0 saturated heterocycles. The van der Waals surface area contributed by atoms with Crippen molar-refractivity contribution in [2.24, 2.45) is 0 Å². The number of aromatic nitrogens is 3. The summed E-state index contributed by atoms with van der Waals surface area (Å²) in [5, 5.41) is 3.62. The fraction of sp³-hybridized carbons (Fsp3) is 0.120. The molecule has 2 aromatic heterocycles. The number of aromatic amines is 1. The van der Waals surface area contributed by atoms with E-state index in [2.05, 4.69) is 20.3 Å². The molecule has 4 aromatic rings. The van der Waals surface area contributed by atoms with Gasteiger partial charge in [-0.1, -0.05) is 24.3 Å². The Hall–Kier alpha value is -4.33. The zero-order chi connectivity index (χ0) is 23.2. The van der Waals surface area contributed by atoms with E-state index in [-0.39, 0.29) is 16.9 Å². The second kappa shape index (κ2) is 9.86. The van der Waals surface area contributed by atoms with Crippen LogP contribution >= 0.6 is 0 Å². The quantitative estimate of drug-likeness (QED) is 0.213. The lowest BCUT2D eigenvalue weighted by Gasteiger charge is -2.09. The van der Waals surface area contributed by atoms with Crippen LogP contribution < -0.4 is 10.1 Å². The van der Waals surface area contributed by atoms with Crippen LogP contribution in [0.15, 0.2) is 73.2 Å². The Morgan fingerprint density at radius 1 is 1.09 bits per heavy atom. The van der Waals surface area contributed by atoms with Crippen molar-refractivity contribution in [2.45, 2.75) is 13.3 Å². The highest BCUT2D eigenvalue weighted by molar-refractivity contribution is 6.18. The maximum atomic E-state index is 14.9. The van der Waals surface area contributed by atoms with Crippen molar-refractivity contribution in [2.75, 3.05) is 11.9 Å². The van der Waals surface area contributed by atoms with Gasteiger partial charge in [0.25, 0.3) is 0 Å². The molecule has 0 bridgehead atoms. The summed E-state index contributed by atoms with van der Waals surface area (Å²) in [4.78, 5) is 35.5. The predicted octanol–water partition coefficient (Wildman–Crippen LogP) is 5.07. The molecule has 0 fully saturated rings. The van der Waals surface area contributed by atoms with E-state index in [4.69, 9.17) is 4.74 Å². The van der Waals surface area contributed by atoms with E-state index in [9.17, 15) is 14.0 Å². The third-order valence-electron chi connectivity index (χ3n) is 4.83. The fourth-order valence-electron chi connectivity index (χ4n) is 3.31. The normalized spacial score (nSPS) is 11.1. The number of hydrogen-bond donors (Lipinski definition) is 2. The minimum atomic E-state index is -0.691. The molecule has 33 heavy (non-hydrogen) atoms. The number of para-hydroxylation sites is 1. The number of carbonyl (C=O) groups is 2. The standard InChI is InChI=1S/C25H21FN4O3/c1-16(31)7-5-6-12-27-24-22-20(14-28-25(22)30-15-29-24)23(32)19-11-10-18(13-21(19)26)33-17-8-3-2-4-9-17/h2-5,7-11,13-15H,6,12H2,1H3,(H2,27,28,29,30)/b7-5+. The monoisotopic (exact) mass is 444 g/mol. The van der Waals surface area contributed by atoms with Gasteiger partial charge in [-0.25, -0.2) is 14.4 Å². The smallest absolute Gasteiger partial charge is 0.198 e. The molecule has 2 aromatic carbocycles. The Kier molecular flexibility index (Phi) is 6.54. The Labute approximate surface area is 189 Å². The minimum Gasteiger partial charge on any atom is -0.457 e. The summed E-state index contributed by atoms with van der Waals surface area (Å²) >= 11 is 0. The summed E-state index contributed by atoms with van der Waals surface area (Å²) in [7, 11) is 0. The number of rotatable bonds is 9. The molecule has 0 aliphatic heterocycles. The first kappa shape index (κ1) is 21.9. The number of halogens is 1. The second-order valence-electron chi connectivity index (χ2n) is 7.26. The number of ketones is 2. The van der Waals surface area contributed by atoms with E-state index in [1.165, 1.54) is 37.7 Å². The van der Waals surface area contributed by atoms with Gasteiger partial charge < -0.3 is 15.0 Å². The summed E-state index contributed by atoms with van der Waals surface area (Å²) in [6, 6.07) is 13.1. The van der Waals surface area contributed by atoms with Gasteiger partial charge in [-0.2, -0.15) is 0 Å². The molecule has 2 heterocycles. The van der Waals surface area contributed by atoms with Crippen molar-refractivity contribution in [1.29, 1.82) is 0 Å². The van der Waals surface area contributed by atoms with Crippen LogP contribution in [-0.4, -0.2) is 33.1 Å². The number of anilines is 1. The molecule has 166 valence electrons. The van der Waals surface area contributed by atoms with Gasteiger partial charge in [0.1, 0.15) is 35.1 Å². The number of nitrogens with one attached hydrogen (secondary N) is 2. The first-order valence-corrected chi connectivity index (χ1v) is 10.3. The Morgan fingerprint density at radius 3 is 2.67 bits per heavy atom. The molecule has 0 unspecified atom stereocenters. The van der Waals surface area contributed by atoms with Crippen molar-refractivity contribution in [3.8, 4) is 11.5 Å². The number of allylic oxidation sites excluding steroid dienone is 1. The summed E-state index contributed by atoms with van der Waals surface area (Å²) < 4.78 is 20.5. The molecule has 0 spiro atoms. The Balaban J connectivity index is 1.57. The number of ether oxygens (including phenoxy) is 1. The maximum absolute atomic E-state index is 14.9. The lowest BCUT2D eigenvalue weighted by Crippen LogP contribution is -2.07. The topological polar surface area (TPSA) is 97.0 Å². The van der Waals surface area contributed by atoms with Gasteiger partial charge in [0.05, 0.1) is 16.5 Å². The molecule has 0 amide bonds. The number of nitrogens with zero attached hydrogens (tertiary/aromatic N) is 2. The van der Waals surface area contributed by atoms with Crippen LogP contribution in [0.25, 0.3) is 11.0 Å². The van der Waals surface area contributed by atoms with Gasteiger partial charge in [0, 0.05) is 18.8 Å². The highest BCUT2D eigenvalue weighted by Gasteiger charge is 2.21. The van der Waals surface area contributed by atoms with E-state index >= 15 is 0 Å². The highest BCUT2D eigenvalue weighted by Crippen LogP contribution is 2.28. The van der Waals surface area contributed by atoms with Gasteiger partial charge >= 0.3 is 0 Å². The molecule has 0 aliphatic carbocycles. The van der Waals surface area contributed by atoms with Crippen molar-refractivity contribution < 1.29 is 18.7 Å². The summed E-state index contributed by atoms with van der Waals surface area (Å²) in [5.74, 6) is 0.0883. The van der Waals surface area contributed by atoms with E-state index in [1.807, 2.05) is 18.2 Å². The van der Waals surface area contributed by atoms with E-state index in [0.29, 0.717) is 41.3 Å². The van der Waals surface area contributed by atoms with E-state index < -0.39 is 11.6 Å². The van der Waals surface area contributed by atoms with Crippen molar-refractivity contribution in [3.05, 3.63) is 90.2 Å². The first-order valence-electron chi connectivity index (χ1n) is 10.3. The van der Waals surface area contributed by atoms with Crippen molar-refractivity contribution in [1.82, 2.24) is 15.0 Å². The molecule has 4 rings (SSSR count). The van der Waals surface area contributed by atoms with E-state index in [1.54, 1.807) is 24.3 Å². The van der Waals surface area contributed by atoms with Gasteiger partial charge in [0.15, 0.2) is 11.6 Å². The minimum absolute atomic E-state index is 0.0276. The summed E-state index contributed by atoms with van der Waals surface area (Å²) in [5.41, 5.74) is 0.623. The van der Waals surface area contributed by atoms with Crippen LogP contribution in [0, 0.1) is 5.82 Å². The molecule has 0 aliphatic rings. The SMILES string of the molecule is CC(=O)/C=C/CCNc1ncnc2[nH]cc(C(=O)c3ccc(Oc4ccccc4)cc3F)c12. The molecule has 0 radical (unpaired) electrons. The molecule has 7 nitrogen and oxygen atoms in total. The van der Waals surface area contributed by atoms with Gasteiger partial charge in [0.2, 0.25) is 0 Å². The number of H-pyrrole nitrogens is 1. The lowest BCUT2D eigenvalue weighted by atomic mass is 10.0. The first-order chi connectivity index (χ1) is 16.0. The largest absolute Gasteiger partial charge is 0.457 e. The average Bonchev–Trinajstić information content (AvgIpc) is 3.24. The molecule has 2 N–H and O–H groups in total. The summed E-state index contributed by atoms with van der Waals surface area (Å²) in [6.45, 7) is 1.98. The molecule has 0 saturated carbocycles. The molecular formula is C25H21FN4O3. The number of hydrogen-bond acceptors (Lipinski definition) is 6. The van der Waals surface area contributed by atoms with Crippen molar-refractivity contribution in [3.63, 3.8) is 0 Å². The predicted molar refractivity (Wildman–Crippen MR) is 123 cm³/mol. The maximum Gasteiger partial charge on any atom is 0.198 e. The third kappa shape index (κ3) is 5.12. The lowest BCUT2D eigenvalue weighted by molar-refractivity contribution is -0.112. The fourth-order valence-corrected chi connectivity index (χ4v) is 3.31. The highest BCUT2D eigenvalue weighted by atomic mass is 19.1. The Bertz CT molecular complexity index is 1330. The number of carbonyl (C=O) groups excluding carboxylic acids is 2. The number of benzene rings is 2. The molecule has 0 atom stereocenters. The zero-order valence-corrected chi connectivity index (χ0v) is 17.8. The number of fused-ring (bicyclic) bond motifs is 1. The van der Waals surface area contributed by atoms with Gasteiger partial charge in [-0.05, 0) is 43.7 Å². The zero-order valence-electron chi connectivity index (χ0n) is 17.8. The van der Waals surface area contributed by atoms with Gasteiger partial charge in [-0.15, -0.1) is 0 Å². The van der Waals surface area contributed by atoms with Crippen LogP contribution in [0.3, 0.4) is 0 Å². The average molecular weight is 444 g/mol. The molecular weight excluding hydrogens is 423 g/mol. The van der Waals surface area contributed by atoms with Crippen LogP contribution in [0.2, 0.25) is 0 Å². The Morgan fingerprint density at radius 2 is 1.91 bits per heavy atom. The van der Waals surface area contributed by atoms with Crippen LogP contribution in [0.1, 0.15) is 29.3 Å². The van der Waals surface area contributed by atoms with Crippen molar-refractivity contribution >= 4 is 28.4 Å². The van der Waals surface area contributed by atoms with Crippen LogP contribution in [0.4, 0.5) is 10.2 Å². The summed E-state index contributed by atoms with van der Waals surface area (Å²) in [6.07, 6.45) is 6.71. The van der Waals surface area contributed by atoms with Crippen LogP contribution in [-0.2, 0) is 4.79 Å². The molecule has 8 heteroatoms. The second-order valence-corrected chi connectivity index (χ2v) is 7.26. The third-order valence-corrected chi connectivity index (χ3v) is 4.83.